The fourth-order valence-corrected chi connectivity index (χ4v) is 2.86. The molecule has 1 aromatic carbocycles. The molecule has 0 aliphatic heterocycles. The zero-order chi connectivity index (χ0) is 12.5. The lowest BCUT2D eigenvalue weighted by Crippen LogP contribution is -2.22. The Morgan fingerprint density at radius 1 is 1.28 bits per heavy atom. The minimum absolute atomic E-state index is 0.557. The van der Waals surface area contributed by atoms with Crippen LogP contribution in [0.1, 0.15) is 26.2 Å². The van der Waals surface area contributed by atoms with Crippen LogP contribution in [-0.4, -0.2) is 11.0 Å². The molecule has 1 fully saturated rings. The standard InChI is InChI=1S/C15H19N3/c1-10-4-2-6-12(10)18-14-8-7-13-11(15(14)16)5-3-9-17-13/h3,5,7-10,12,18H,2,4,6,16H2,1H3. The molecule has 1 heterocycles. The molecule has 3 N–H and O–H groups in total. The van der Waals surface area contributed by atoms with Crippen molar-refractivity contribution < 1.29 is 0 Å². The van der Waals surface area contributed by atoms with E-state index in [1.54, 1.807) is 6.20 Å². The predicted octanol–water partition coefficient (Wildman–Crippen LogP) is 3.42. The number of rotatable bonds is 2. The van der Waals surface area contributed by atoms with Gasteiger partial charge in [0.05, 0.1) is 16.9 Å². The van der Waals surface area contributed by atoms with Crippen molar-refractivity contribution in [1.29, 1.82) is 0 Å². The van der Waals surface area contributed by atoms with Crippen molar-refractivity contribution >= 4 is 22.3 Å². The Bertz CT molecular complexity index is 565. The summed E-state index contributed by atoms with van der Waals surface area (Å²) in [5.74, 6) is 0.731. The molecule has 3 heteroatoms. The van der Waals surface area contributed by atoms with Crippen LogP contribution < -0.4 is 11.1 Å². The van der Waals surface area contributed by atoms with Crippen LogP contribution in [0.15, 0.2) is 30.5 Å². The molecule has 0 spiro atoms. The maximum Gasteiger partial charge on any atom is 0.0724 e. The number of fused-ring (bicyclic) bond motifs is 1. The Labute approximate surface area is 107 Å². The van der Waals surface area contributed by atoms with E-state index in [0.717, 1.165) is 28.2 Å². The average Bonchev–Trinajstić information content (AvgIpc) is 2.79. The highest BCUT2D eigenvalue weighted by atomic mass is 14.9. The Kier molecular flexibility index (Phi) is 2.82. The number of nitrogens with zero attached hydrogens (tertiary/aromatic N) is 1. The third-order valence-corrected chi connectivity index (χ3v) is 4.03. The number of hydrogen-bond donors (Lipinski definition) is 2. The SMILES string of the molecule is CC1CCCC1Nc1ccc2ncccc2c1N. The summed E-state index contributed by atoms with van der Waals surface area (Å²) in [6, 6.07) is 8.60. The third-order valence-electron chi connectivity index (χ3n) is 4.03. The predicted molar refractivity (Wildman–Crippen MR) is 76.6 cm³/mol. The highest BCUT2D eigenvalue weighted by Gasteiger charge is 2.23. The molecule has 0 bridgehead atoms. The molecule has 0 radical (unpaired) electrons. The number of nitrogen functional groups attached to an aromatic ring is 1. The van der Waals surface area contributed by atoms with Gasteiger partial charge in [0.15, 0.2) is 0 Å². The van der Waals surface area contributed by atoms with E-state index >= 15 is 0 Å². The van der Waals surface area contributed by atoms with Crippen LogP contribution in [0.25, 0.3) is 10.9 Å². The molecule has 0 saturated heterocycles. The summed E-state index contributed by atoms with van der Waals surface area (Å²) < 4.78 is 0. The summed E-state index contributed by atoms with van der Waals surface area (Å²) in [6.45, 7) is 2.31. The van der Waals surface area contributed by atoms with E-state index in [1.165, 1.54) is 19.3 Å². The molecule has 18 heavy (non-hydrogen) atoms. The molecule has 0 amide bonds. The van der Waals surface area contributed by atoms with Crippen molar-refractivity contribution in [3.05, 3.63) is 30.5 Å². The summed E-state index contributed by atoms with van der Waals surface area (Å²) in [4.78, 5) is 4.32. The van der Waals surface area contributed by atoms with Gasteiger partial charge in [0, 0.05) is 17.6 Å². The number of aromatic nitrogens is 1. The summed E-state index contributed by atoms with van der Waals surface area (Å²) in [7, 11) is 0. The van der Waals surface area contributed by atoms with E-state index in [1.807, 2.05) is 18.2 Å². The van der Waals surface area contributed by atoms with Gasteiger partial charge in [-0.1, -0.05) is 13.3 Å². The van der Waals surface area contributed by atoms with Crippen molar-refractivity contribution in [2.45, 2.75) is 32.2 Å². The van der Waals surface area contributed by atoms with Crippen LogP contribution in [0, 0.1) is 5.92 Å². The highest BCUT2D eigenvalue weighted by Crippen LogP contribution is 2.32. The van der Waals surface area contributed by atoms with Gasteiger partial charge in [-0.05, 0) is 43.0 Å². The summed E-state index contributed by atoms with van der Waals surface area (Å²) in [5.41, 5.74) is 9.07. The zero-order valence-corrected chi connectivity index (χ0v) is 10.7. The van der Waals surface area contributed by atoms with Crippen LogP contribution in [0.5, 0.6) is 0 Å². The Morgan fingerprint density at radius 2 is 2.17 bits per heavy atom. The molecular formula is C15H19N3. The molecule has 94 valence electrons. The van der Waals surface area contributed by atoms with Crippen LogP contribution in [0.4, 0.5) is 11.4 Å². The second kappa shape index (κ2) is 4.48. The van der Waals surface area contributed by atoms with Gasteiger partial charge in [0.25, 0.3) is 0 Å². The Balaban J connectivity index is 1.95. The van der Waals surface area contributed by atoms with E-state index in [4.69, 9.17) is 5.73 Å². The van der Waals surface area contributed by atoms with E-state index in [0.29, 0.717) is 6.04 Å². The highest BCUT2D eigenvalue weighted by molar-refractivity contribution is 5.96. The van der Waals surface area contributed by atoms with Crippen molar-refractivity contribution in [3.63, 3.8) is 0 Å². The molecule has 1 aromatic heterocycles. The largest absolute Gasteiger partial charge is 0.397 e. The quantitative estimate of drug-likeness (QED) is 0.792. The lowest BCUT2D eigenvalue weighted by atomic mass is 10.1. The molecule has 1 saturated carbocycles. The fourth-order valence-electron chi connectivity index (χ4n) is 2.86. The number of nitrogens with one attached hydrogen (secondary N) is 1. The summed E-state index contributed by atoms with van der Waals surface area (Å²) in [5, 5.41) is 4.63. The average molecular weight is 241 g/mol. The van der Waals surface area contributed by atoms with Gasteiger partial charge in [0.1, 0.15) is 0 Å². The van der Waals surface area contributed by atoms with Gasteiger partial charge in [-0.2, -0.15) is 0 Å². The van der Waals surface area contributed by atoms with E-state index in [2.05, 4.69) is 23.3 Å². The maximum absolute atomic E-state index is 6.24. The normalized spacial score (nSPS) is 23.4. The van der Waals surface area contributed by atoms with E-state index in [9.17, 15) is 0 Å². The van der Waals surface area contributed by atoms with Crippen LogP contribution >= 0.6 is 0 Å². The third kappa shape index (κ3) is 1.90. The maximum atomic E-state index is 6.24. The van der Waals surface area contributed by atoms with Gasteiger partial charge < -0.3 is 11.1 Å². The lowest BCUT2D eigenvalue weighted by molar-refractivity contribution is 0.556. The first-order valence-corrected chi connectivity index (χ1v) is 6.65. The van der Waals surface area contributed by atoms with Crippen LogP contribution in [-0.2, 0) is 0 Å². The van der Waals surface area contributed by atoms with Gasteiger partial charge in [-0.25, -0.2) is 0 Å². The molecule has 3 nitrogen and oxygen atoms in total. The second-order valence-electron chi connectivity index (χ2n) is 5.26. The number of benzene rings is 1. The molecular weight excluding hydrogens is 222 g/mol. The number of nitrogens with two attached hydrogens (primary N) is 1. The first kappa shape index (κ1) is 11.3. The van der Waals surface area contributed by atoms with E-state index in [-0.39, 0.29) is 0 Å². The van der Waals surface area contributed by atoms with E-state index < -0.39 is 0 Å². The van der Waals surface area contributed by atoms with Crippen molar-refractivity contribution in [1.82, 2.24) is 4.98 Å². The lowest BCUT2D eigenvalue weighted by Gasteiger charge is -2.20. The van der Waals surface area contributed by atoms with Gasteiger partial charge in [-0.15, -0.1) is 0 Å². The molecule has 2 atom stereocenters. The molecule has 2 aromatic rings. The summed E-state index contributed by atoms with van der Waals surface area (Å²) >= 11 is 0. The minimum Gasteiger partial charge on any atom is -0.397 e. The van der Waals surface area contributed by atoms with Gasteiger partial charge in [-0.3, -0.25) is 4.98 Å². The van der Waals surface area contributed by atoms with Gasteiger partial charge >= 0.3 is 0 Å². The van der Waals surface area contributed by atoms with Crippen LogP contribution in [0.3, 0.4) is 0 Å². The van der Waals surface area contributed by atoms with Crippen molar-refractivity contribution in [2.24, 2.45) is 5.92 Å². The number of hydrogen-bond acceptors (Lipinski definition) is 3. The first-order valence-electron chi connectivity index (χ1n) is 6.65. The molecule has 2 unspecified atom stereocenters. The summed E-state index contributed by atoms with van der Waals surface area (Å²) in [6.07, 6.45) is 5.67. The Morgan fingerprint density at radius 3 is 2.94 bits per heavy atom. The van der Waals surface area contributed by atoms with Gasteiger partial charge in [0.2, 0.25) is 0 Å². The van der Waals surface area contributed by atoms with Crippen LogP contribution in [0.2, 0.25) is 0 Å². The van der Waals surface area contributed by atoms with Crippen molar-refractivity contribution in [3.8, 4) is 0 Å². The molecule has 1 aliphatic carbocycles. The number of pyridine rings is 1. The zero-order valence-electron chi connectivity index (χ0n) is 10.7. The monoisotopic (exact) mass is 241 g/mol. The smallest absolute Gasteiger partial charge is 0.0724 e. The topological polar surface area (TPSA) is 50.9 Å². The minimum atomic E-state index is 0.557. The van der Waals surface area contributed by atoms with Crippen molar-refractivity contribution in [2.75, 3.05) is 11.1 Å². The molecule has 1 aliphatic rings. The number of anilines is 2. The first-order chi connectivity index (χ1) is 8.75. The fraction of sp³-hybridized carbons (Fsp3) is 0.400. The Hall–Kier alpha value is -1.77. The second-order valence-corrected chi connectivity index (χ2v) is 5.26. The molecule has 3 rings (SSSR count).